The average Bonchev–Trinajstić information content (AvgIpc) is 3.20. The highest BCUT2D eigenvalue weighted by Crippen LogP contribution is 2.69. The first-order valence-electron chi connectivity index (χ1n) is 11.6. The molecule has 0 aromatic carbocycles. The summed E-state index contributed by atoms with van der Waals surface area (Å²) in [6, 6.07) is 0. The number of carbonyl (C=O) groups is 1. The van der Waals surface area contributed by atoms with Crippen molar-refractivity contribution in [2.75, 3.05) is 13.2 Å². The summed E-state index contributed by atoms with van der Waals surface area (Å²) in [6.07, 6.45) is 9.35. The predicted octanol–water partition coefficient (Wildman–Crippen LogP) is 5.22. The predicted molar refractivity (Wildman–Crippen MR) is 105 cm³/mol. The van der Waals surface area contributed by atoms with Gasteiger partial charge in [0.05, 0.1) is 13.2 Å². The molecule has 27 heavy (non-hydrogen) atoms. The first-order valence-corrected chi connectivity index (χ1v) is 11.6. The Morgan fingerprint density at radius 3 is 2.37 bits per heavy atom. The van der Waals surface area contributed by atoms with Crippen LogP contribution in [-0.4, -0.2) is 24.8 Å². The van der Waals surface area contributed by atoms with Crippen LogP contribution in [0.3, 0.4) is 0 Å². The van der Waals surface area contributed by atoms with Crippen LogP contribution in [0.25, 0.3) is 0 Å². The van der Waals surface area contributed by atoms with Crippen LogP contribution in [0.15, 0.2) is 0 Å². The summed E-state index contributed by atoms with van der Waals surface area (Å²) in [4.78, 5) is 12.2. The van der Waals surface area contributed by atoms with Crippen molar-refractivity contribution in [1.82, 2.24) is 0 Å². The topological polar surface area (TPSA) is 35.5 Å². The first-order chi connectivity index (χ1) is 12.8. The van der Waals surface area contributed by atoms with Crippen molar-refractivity contribution in [3.63, 3.8) is 0 Å². The second-order valence-corrected chi connectivity index (χ2v) is 11.3. The van der Waals surface area contributed by atoms with Crippen molar-refractivity contribution in [1.29, 1.82) is 0 Å². The fourth-order valence-corrected chi connectivity index (χ4v) is 9.02. The Labute approximate surface area is 164 Å². The van der Waals surface area contributed by atoms with Crippen molar-refractivity contribution in [2.24, 2.45) is 46.3 Å². The number of fused-ring (bicyclic) bond motifs is 5. The van der Waals surface area contributed by atoms with Gasteiger partial charge in [-0.15, -0.1) is 0 Å². The van der Waals surface area contributed by atoms with Gasteiger partial charge in [0.15, 0.2) is 5.79 Å². The number of Topliss-reactive ketones (excluding diaryl/α,β-unsaturated/α-hetero) is 1. The van der Waals surface area contributed by atoms with Crippen LogP contribution in [0.2, 0.25) is 0 Å². The van der Waals surface area contributed by atoms with Crippen molar-refractivity contribution in [3.05, 3.63) is 0 Å². The molecule has 0 aromatic rings. The van der Waals surface area contributed by atoms with Crippen molar-refractivity contribution in [2.45, 2.75) is 84.8 Å². The molecular weight excluding hydrogens is 336 g/mol. The summed E-state index contributed by atoms with van der Waals surface area (Å²) in [5.41, 5.74) is 0.747. The molecule has 0 bridgehead atoms. The number of rotatable bonds is 1. The van der Waals surface area contributed by atoms with Crippen LogP contribution in [0, 0.1) is 46.3 Å². The quantitative estimate of drug-likeness (QED) is 0.631. The summed E-state index contributed by atoms with van der Waals surface area (Å²) >= 11 is 0. The lowest BCUT2D eigenvalue weighted by Gasteiger charge is -2.62. The molecule has 0 N–H and O–H groups in total. The maximum atomic E-state index is 12.2. The molecule has 0 unspecified atom stereocenters. The lowest BCUT2D eigenvalue weighted by Crippen LogP contribution is -2.57. The highest BCUT2D eigenvalue weighted by molar-refractivity contribution is 5.79. The van der Waals surface area contributed by atoms with Gasteiger partial charge in [0.25, 0.3) is 0 Å². The number of ketones is 1. The fourth-order valence-electron chi connectivity index (χ4n) is 9.02. The van der Waals surface area contributed by atoms with E-state index >= 15 is 0 Å². The van der Waals surface area contributed by atoms with Gasteiger partial charge in [-0.2, -0.15) is 0 Å². The summed E-state index contributed by atoms with van der Waals surface area (Å²) in [5, 5.41) is 0. The second-order valence-electron chi connectivity index (χ2n) is 11.3. The molecule has 0 radical (unpaired) electrons. The first kappa shape index (κ1) is 18.6. The normalized spacial score (nSPS) is 54.3. The van der Waals surface area contributed by atoms with Crippen LogP contribution >= 0.6 is 0 Å². The lowest BCUT2D eigenvalue weighted by molar-refractivity contribution is -0.221. The van der Waals surface area contributed by atoms with Gasteiger partial charge in [0.1, 0.15) is 5.78 Å². The number of ether oxygens (including phenoxy) is 2. The van der Waals surface area contributed by atoms with Gasteiger partial charge in [0.2, 0.25) is 0 Å². The zero-order valence-electron chi connectivity index (χ0n) is 17.8. The molecule has 5 aliphatic rings. The largest absolute Gasteiger partial charge is 0.348 e. The lowest BCUT2D eigenvalue weighted by atomic mass is 9.42. The molecule has 4 saturated carbocycles. The van der Waals surface area contributed by atoms with E-state index in [2.05, 4.69) is 27.7 Å². The van der Waals surface area contributed by atoms with E-state index < -0.39 is 0 Å². The van der Waals surface area contributed by atoms with E-state index in [9.17, 15) is 4.79 Å². The third-order valence-corrected chi connectivity index (χ3v) is 10.3. The van der Waals surface area contributed by atoms with Crippen molar-refractivity contribution >= 4 is 5.78 Å². The molecule has 152 valence electrons. The molecule has 3 heteroatoms. The molecule has 0 aromatic heterocycles. The SMILES string of the molecule is C[C@@H]1C[C@@H]2CC(=O)CC[C@]2(C)[C@H]2CC[C@]3(C)[C@@H](C4(C)OCCO4)CC[C@H]3[C@H]12. The Kier molecular flexibility index (Phi) is 4.17. The van der Waals surface area contributed by atoms with E-state index in [1.165, 1.54) is 32.1 Å². The molecule has 4 aliphatic carbocycles. The molecule has 5 fully saturated rings. The number of hydrogen-bond acceptors (Lipinski definition) is 3. The smallest absolute Gasteiger partial charge is 0.169 e. The molecule has 8 atom stereocenters. The van der Waals surface area contributed by atoms with E-state index in [1.54, 1.807) is 0 Å². The summed E-state index contributed by atoms with van der Waals surface area (Å²) in [5.74, 6) is 4.52. The Hall–Kier alpha value is -0.410. The number of hydrogen-bond donors (Lipinski definition) is 0. The highest BCUT2D eigenvalue weighted by Gasteiger charge is 2.64. The molecule has 0 spiro atoms. The molecule has 0 amide bonds. The van der Waals surface area contributed by atoms with Crippen LogP contribution < -0.4 is 0 Å². The Morgan fingerprint density at radius 1 is 0.926 bits per heavy atom. The zero-order chi connectivity index (χ0) is 19.0. The molecular formula is C24H38O3. The van der Waals surface area contributed by atoms with Crippen LogP contribution in [0.1, 0.15) is 79.1 Å². The molecule has 1 heterocycles. The second kappa shape index (κ2) is 6.05. The van der Waals surface area contributed by atoms with Crippen LogP contribution in [-0.2, 0) is 14.3 Å². The van der Waals surface area contributed by atoms with Gasteiger partial charge in [-0.1, -0.05) is 20.8 Å². The third kappa shape index (κ3) is 2.49. The van der Waals surface area contributed by atoms with Crippen molar-refractivity contribution < 1.29 is 14.3 Å². The van der Waals surface area contributed by atoms with E-state index in [1.807, 2.05) is 0 Å². The third-order valence-electron chi connectivity index (χ3n) is 10.3. The minimum absolute atomic E-state index is 0.349. The monoisotopic (exact) mass is 374 g/mol. The average molecular weight is 375 g/mol. The molecule has 1 saturated heterocycles. The van der Waals surface area contributed by atoms with Gasteiger partial charge in [-0.05, 0) is 85.9 Å². The van der Waals surface area contributed by atoms with Gasteiger partial charge in [0, 0.05) is 18.8 Å². The minimum atomic E-state index is -0.363. The van der Waals surface area contributed by atoms with E-state index in [0.717, 1.165) is 56.1 Å². The van der Waals surface area contributed by atoms with Gasteiger partial charge in [-0.25, -0.2) is 0 Å². The number of carbonyl (C=O) groups excluding carboxylic acids is 1. The van der Waals surface area contributed by atoms with Gasteiger partial charge in [-0.3, -0.25) is 4.79 Å². The van der Waals surface area contributed by atoms with Crippen molar-refractivity contribution in [3.8, 4) is 0 Å². The highest BCUT2D eigenvalue weighted by atomic mass is 16.7. The van der Waals surface area contributed by atoms with E-state index in [0.29, 0.717) is 28.4 Å². The molecule has 1 aliphatic heterocycles. The Morgan fingerprint density at radius 2 is 1.63 bits per heavy atom. The summed E-state index contributed by atoms with van der Waals surface area (Å²) in [7, 11) is 0. The standard InChI is InChI=1S/C24H38O3/c1-15-13-16-14-17(25)7-9-22(16,2)19-8-10-23(3)18(21(15)19)5-6-20(23)24(4)26-11-12-27-24/h15-16,18-21H,5-14H2,1-4H3/t15-,16-,18+,19+,20+,21+,22+,23+/m1/s1. The Bertz CT molecular complexity index is 623. The van der Waals surface area contributed by atoms with Crippen LogP contribution in [0.5, 0.6) is 0 Å². The maximum Gasteiger partial charge on any atom is 0.169 e. The fraction of sp³-hybridized carbons (Fsp3) is 0.958. The summed E-state index contributed by atoms with van der Waals surface area (Å²) in [6.45, 7) is 11.3. The molecule has 3 nitrogen and oxygen atoms in total. The van der Waals surface area contributed by atoms with Gasteiger partial charge < -0.3 is 9.47 Å². The van der Waals surface area contributed by atoms with Crippen LogP contribution in [0.4, 0.5) is 0 Å². The van der Waals surface area contributed by atoms with Gasteiger partial charge >= 0.3 is 0 Å². The summed E-state index contributed by atoms with van der Waals surface area (Å²) < 4.78 is 12.3. The minimum Gasteiger partial charge on any atom is -0.348 e. The molecule has 5 rings (SSSR count). The zero-order valence-corrected chi connectivity index (χ0v) is 17.8. The Balaban J connectivity index is 1.46. The van der Waals surface area contributed by atoms with E-state index in [-0.39, 0.29) is 5.79 Å². The maximum absolute atomic E-state index is 12.2. The van der Waals surface area contributed by atoms with E-state index in [4.69, 9.17) is 9.47 Å².